The zero-order chi connectivity index (χ0) is 17.4. The van der Waals surface area contributed by atoms with E-state index in [0.29, 0.717) is 28.5 Å². The minimum atomic E-state index is -0.449. The third-order valence-corrected chi connectivity index (χ3v) is 3.24. The Kier molecular flexibility index (Phi) is 6.35. The summed E-state index contributed by atoms with van der Waals surface area (Å²) in [5.41, 5.74) is 0.485. The van der Waals surface area contributed by atoms with Gasteiger partial charge in [-0.1, -0.05) is 17.7 Å². The number of benzene rings is 2. The van der Waals surface area contributed by atoms with E-state index in [0.717, 1.165) is 0 Å². The van der Waals surface area contributed by atoms with Crippen LogP contribution >= 0.6 is 11.6 Å². The molecule has 0 saturated carbocycles. The average Bonchev–Trinajstić information content (AvgIpc) is 2.55. The Balaban J connectivity index is 1.71. The fraction of sp³-hybridized carbons (Fsp3) is 0.167. The molecule has 0 unspecified atom stereocenters. The maximum absolute atomic E-state index is 11.7. The van der Waals surface area contributed by atoms with Crippen molar-refractivity contribution in [1.29, 1.82) is 5.26 Å². The molecule has 0 amide bonds. The summed E-state index contributed by atoms with van der Waals surface area (Å²) in [4.78, 5) is 23.4. The number of carbonyl (C=O) groups is 2. The van der Waals surface area contributed by atoms with Crippen molar-refractivity contribution in [2.75, 3.05) is 0 Å². The van der Waals surface area contributed by atoms with Gasteiger partial charge < -0.3 is 9.47 Å². The Morgan fingerprint density at radius 1 is 0.958 bits per heavy atom. The number of hydrogen-bond donors (Lipinski definition) is 0. The second-order valence-corrected chi connectivity index (χ2v) is 5.33. The van der Waals surface area contributed by atoms with Gasteiger partial charge >= 0.3 is 11.9 Å². The number of carbonyl (C=O) groups excluding carboxylic acids is 2. The van der Waals surface area contributed by atoms with Gasteiger partial charge in [-0.05, 0) is 48.9 Å². The molecule has 0 bridgehead atoms. The minimum absolute atomic E-state index is 0.0879. The van der Waals surface area contributed by atoms with E-state index >= 15 is 0 Å². The zero-order valence-corrected chi connectivity index (χ0v) is 13.5. The first-order valence-corrected chi connectivity index (χ1v) is 7.62. The molecule has 0 fully saturated rings. The van der Waals surface area contributed by atoms with E-state index in [1.165, 1.54) is 0 Å². The maximum Gasteiger partial charge on any atom is 0.311 e. The van der Waals surface area contributed by atoms with Crippen LogP contribution in [0.5, 0.6) is 11.5 Å². The van der Waals surface area contributed by atoms with Crippen molar-refractivity contribution in [3.63, 3.8) is 0 Å². The molecule has 122 valence electrons. The predicted octanol–water partition coefficient (Wildman–Crippen LogP) is 3.89. The highest BCUT2D eigenvalue weighted by Gasteiger charge is 2.09. The number of esters is 2. The zero-order valence-electron chi connectivity index (χ0n) is 12.7. The quantitative estimate of drug-likeness (QED) is 0.587. The van der Waals surface area contributed by atoms with Gasteiger partial charge in [-0.25, -0.2) is 0 Å². The second-order valence-electron chi connectivity index (χ2n) is 4.90. The molecule has 24 heavy (non-hydrogen) atoms. The van der Waals surface area contributed by atoms with Crippen LogP contribution in [0.15, 0.2) is 48.5 Å². The lowest BCUT2D eigenvalue weighted by Crippen LogP contribution is -2.11. The molecule has 0 atom stereocenters. The van der Waals surface area contributed by atoms with Crippen LogP contribution in [0.3, 0.4) is 0 Å². The van der Waals surface area contributed by atoms with Crippen molar-refractivity contribution in [3.05, 3.63) is 59.1 Å². The van der Waals surface area contributed by atoms with E-state index < -0.39 is 11.9 Å². The van der Waals surface area contributed by atoms with Gasteiger partial charge in [-0.15, -0.1) is 0 Å². The van der Waals surface area contributed by atoms with Crippen molar-refractivity contribution < 1.29 is 19.1 Å². The first kappa shape index (κ1) is 17.5. The van der Waals surface area contributed by atoms with Gasteiger partial charge in [-0.2, -0.15) is 5.26 Å². The highest BCUT2D eigenvalue weighted by atomic mass is 35.5. The fourth-order valence-corrected chi connectivity index (χ4v) is 2.05. The van der Waals surface area contributed by atoms with E-state index in [1.54, 1.807) is 48.5 Å². The summed E-state index contributed by atoms with van der Waals surface area (Å²) in [6, 6.07) is 14.7. The monoisotopic (exact) mass is 343 g/mol. The van der Waals surface area contributed by atoms with Crippen LogP contribution in [0.1, 0.15) is 24.8 Å². The molecule has 5 nitrogen and oxygen atoms in total. The molecule has 0 radical (unpaired) electrons. The number of hydrogen-bond acceptors (Lipinski definition) is 5. The van der Waals surface area contributed by atoms with Gasteiger partial charge in [-0.3, -0.25) is 9.59 Å². The summed E-state index contributed by atoms with van der Waals surface area (Å²) in [6.45, 7) is 0. The Hall–Kier alpha value is -2.84. The number of nitriles is 1. The first-order valence-electron chi connectivity index (χ1n) is 7.24. The molecule has 0 aliphatic rings. The normalized spacial score (nSPS) is 9.83. The third-order valence-electron chi connectivity index (χ3n) is 3.00. The Labute approximate surface area is 144 Å². The van der Waals surface area contributed by atoms with Gasteiger partial charge in [0.2, 0.25) is 0 Å². The lowest BCUT2D eigenvalue weighted by Gasteiger charge is -2.05. The van der Waals surface area contributed by atoms with E-state index in [1.807, 2.05) is 6.07 Å². The predicted molar refractivity (Wildman–Crippen MR) is 87.7 cm³/mol. The van der Waals surface area contributed by atoms with Crippen molar-refractivity contribution in [2.45, 2.75) is 19.3 Å². The van der Waals surface area contributed by atoms with E-state index in [9.17, 15) is 9.59 Å². The van der Waals surface area contributed by atoms with Crippen LogP contribution < -0.4 is 9.47 Å². The molecule has 0 aromatic heterocycles. The van der Waals surface area contributed by atoms with Crippen LogP contribution in [-0.4, -0.2) is 11.9 Å². The maximum atomic E-state index is 11.7. The highest BCUT2D eigenvalue weighted by molar-refractivity contribution is 6.30. The van der Waals surface area contributed by atoms with Gasteiger partial charge in [0.15, 0.2) is 0 Å². The molecule has 6 heteroatoms. The molecule has 0 spiro atoms. The largest absolute Gasteiger partial charge is 0.427 e. The summed E-state index contributed by atoms with van der Waals surface area (Å²) in [5, 5.41) is 9.17. The first-order chi connectivity index (χ1) is 11.6. The molecular formula is C18H14ClNO4. The molecular weight excluding hydrogens is 330 g/mol. The van der Waals surface area contributed by atoms with Crippen LogP contribution in [0.4, 0.5) is 0 Å². The summed E-state index contributed by atoms with van der Waals surface area (Å²) >= 11 is 5.80. The fourth-order valence-electron chi connectivity index (χ4n) is 1.87. The average molecular weight is 344 g/mol. The van der Waals surface area contributed by atoms with Crippen LogP contribution in [-0.2, 0) is 9.59 Å². The van der Waals surface area contributed by atoms with E-state index in [-0.39, 0.29) is 12.8 Å². The van der Waals surface area contributed by atoms with Gasteiger partial charge in [0.1, 0.15) is 11.5 Å². The summed E-state index contributed by atoms with van der Waals surface area (Å²) < 4.78 is 10.2. The smallest absolute Gasteiger partial charge is 0.311 e. The van der Waals surface area contributed by atoms with Crippen LogP contribution in [0.25, 0.3) is 0 Å². The van der Waals surface area contributed by atoms with Crippen molar-refractivity contribution in [3.8, 4) is 17.6 Å². The Morgan fingerprint density at radius 2 is 1.58 bits per heavy atom. The minimum Gasteiger partial charge on any atom is -0.427 e. The molecule has 0 aliphatic heterocycles. The SMILES string of the molecule is N#Cc1ccc(OC(=O)CCCC(=O)Oc2cccc(Cl)c2)cc1. The molecule has 0 N–H and O–H groups in total. The second kappa shape index (κ2) is 8.70. The molecule has 2 aromatic rings. The molecule has 0 heterocycles. The number of rotatable bonds is 6. The molecule has 0 aliphatic carbocycles. The van der Waals surface area contributed by atoms with Crippen LogP contribution in [0.2, 0.25) is 5.02 Å². The molecule has 2 rings (SSSR count). The van der Waals surface area contributed by atoms with Crippen LogP contribution in [0, 0.1) is 11.3 Å². The Morgan fingerprint density at radius 3 is 2.17 bits per heavy atom. The summed E-state index contributed by atoms with van der Waals surface area (Å²) in [7, 11) is 0. The lowest BCUT2D eigenvalue weighted by atomic mass is 10.2. The summed E-state index contributed by atoms with van der Waals surface area (Å²) in [6.07, 6.45) is 0.494. The van der Waals surface area contributed by atoms with E-state index in [2.05, 4.69) is 0 Å². The lowest BCUT2D eigenvalue weighted by molar-refractivity contribution is -0.136. The van der Waals surface area contributed by atoms with Gasteiger partial charge in [0.05, 0.1) is 11.6 Å². The van der Waals surface area contributed by atoms with Gasteiger partial charge in [0.25, 0.3) is 0 Å². The molecule has 2 aromatic carbocycles. The standard InChI is InChI=1S/C18H14ClNO4/c19-14-3-1-4-16(11-14)24-18(22)6-2-5-17(21)23-15-9-7-13(12-20)8-10-15/h1,3-4,7-11H,2,5-6H2. The summed E-state index contributed by atoms with van der Waals surface area (Å²) in [5.74, 6) is -0.160. The van der Waals surface area contributed by atoms with Crippen molar-refractivity contribution in [2.24, 2.45) is 0 Å². The van der Waals surface area contributed by atoms with Gasteiger partial charge in [0, 0.05) is 17.9 Å². The van der Waals surface area contributed by atoms with Crippen molar-refractivity contribution in [1.82, 2.24) is 0 Å². The molecule has 0 saturated heterocycles. The van der Waals surface area contributed by atoms with Crippen molar-refractivity contribution >= 4 is 23.5 Å². The third kappa shape index (κ3) is 5.75. The topological polar surface area (TPSA) is 76.4 Å². The number of halogens is 1. The Bertz CT molecular complexity index is 765. The van der Waals surface area contributed by atoms with E-state index in [4.69, 9.17) is 26.3 Å². The highest BCUT2D eigenvalue weighted by Crippen LogP contribution is 2.18. The number of ether oxygens (including phenoxy) is 2. The number of nitrogens with zero attached hydrogens (tertiary/aromatic N) is 1.